The fraction of sp³-hybridized carbons (Fsp3) is 0.350. The van der Waals surface area contributed by atoms with Gasteiger partial charge in [-0.05, 0) is 18.6 Å². The number of para-hydroxylation sites is 1. The molecule has 3 heterocycles. The van der Waals surface area contributed by atoms with Gasteiger partial charge in [-0.25, -0.2) is 0 Å². The summed E-state index contributed by atoms with van der Waals surface area (Å²) >= 11 is 0. The maximum atomic E-state index is 12.6. The van der Waals surface area contributed by atoms with Crippen molar-refractivity contribution < 1.29 is 18.8 Å². The third-order valence-electron chi connectivity index (χ3n) is 4.72. The first-order valence-corrected chi connectivity index (χ1v) is 8.95. The number of nitrogens with zero attached hydrogens (tertiary/aromatic N) is 3. The van der Waals surface area contributed by atoms with Crippen molar-refractivity contribution in [3.63, 3.8) is 0 Å². The van der Waals surface area contributed by atoms with E-state index in [9.17, 15) is 4.79 Å². The molecule has 3 aromatic rings. The lowest BCUT2D eigenvalue weighted by atomic mass is 10.1. The van der Waals surface area contributed by atoms with Crippen LogP contribution in [0.2, 0.25) is 0 Å². The highest BCUT2D eigenvalue weighted by Crippen LogP contribution is 2.24. The van der Waals surface area contributed by atoms with Crippen LogP contribution in [0.3, 0.4) is 0 Å². The average Bonchev–Trinajstić information content (AvgIpc) is 3.36. The number of methoxy groups -OCH3 is 1. The summed E-state index contributed by atoms with van der Waals surface area (Å²) in [4.78, 5) is 18.7. The first-order valence-electron chi connectivity index (χ1n) is 8.95. The van der Waals surface area contributed by atoms with E-state index in [-0.39, 0.29) is 12.5 Å². The van der Waals surface area contributed by atoms with Crippen molar-refractivity contribution >= 4 is 16.8 Å². The van der Waals surface area contributed by atoms with Crippen molar-refractivity contribution in [1.29, 1.82) is 0 Å². The number of amides is 1. The van der Waals surface area contributed by atoms with Gasteiger partial charge >= 0.3 is 0 Å². The molecule has 1 fully saturated rings. The van der Waals surface area contributed by atoms with Gasteiger partial charge in [0.25, 0.3) is 5.91 Å². The van der Waals surface area contributed by atoms with E-state index in [0.29, 0.717) is 42.8 Å². The second-order valence-corrected chi connectivity index (χ2v) is 6.66. The third-order valence-corrected chi connectivity index (χ3v) is 4.72. The van der Waals surface area contributed by atoms with Crippen LogP contribution in [0.5, 0.6) is 5.75 Å². The molecule has 1 atom stereocenters. The van der Waals surface area contributed by atoms with Crippen LogP contribution in [0, 0.1) is 5.92 Å². The summed E-state index contributed by atoms with van der Waals surface area (Å²) in [5.74, 6) is 1.43. The van der Waals surface area contributed by atoms with E-state index < -0.39 is 0 Å². The Morgan fingerprint density at radius 3 is 3.11 bits per heavy atom. The second-order valence-electron chi connectivity index (χ2n) is 6.66. The van der Waals surface area contributed by atoms with Gasteiger partial charge < -0.3 is 18.9 Å². The number of ether oxygens (including phenoxy) is 2. The lowest BCUT2D eigenvalue weighted by Crippen LogP contribution is -2.29. The van der Waals surface area contributed by atoms with Gasteiger partial charge in [0.2, 0.25) is 0 Å². The molecule has 27 heavy (non-hydrogen) atoms. The van der Waals surface area contributed by atoms with Gasteiger partial charge in [0.05, 0.1) is 6.61 Å². The molecule has 0 bridgehead atoms. The van der Waals surface area contributed by atoms with Crippen LogP contribution in [-0.4, -0.2) is 47.8 Å². The predicted molar refractivity (Wildman–Crippen MR) is 98.5 cm³/mol. The maximum Gasteiger partial charge on any atom is 0.276 e. The number of hydrogen-bond acceptors (Lipinski definition) is 6. The summed E-state index contributed by atoms with van der Waals surface area (Å²) in [6.07, 6.45) is 2.68. The summed E-state index contributed by atoms with van der Waals surface area (Å²) in [6, 6.07) is 11.3. The van der Waals surface area contributed by atoms with Crippen molar-refractivity contribution in [1.82, 2.24) is 15.0 Å². The molecule has 140 valence electrons. The van der Waals surface area contributed by atoms with E-state index in [1.807, 2.05) is 30.3 Å². The highest BCUT2D eigenvalue weighted by Gasteiger charge is 2.28. The number of pyridine rings is 1. The van der Waals surface area contributed by atoms with Crippen molar-refractivity contribution in [2.45, 2.75) is 13.0 Å². The summed E-state index contributed by atoms with van der Waals surface area (Å²) in [6.45, 7) is 2.25. The zero-order valence-electron chi connectivity index (χ0n) is 15.1. The number of benzene rings is 1. The Balaban J connectivity index is 1.40. The van der Waals surface area contributed by atoms with Crippen LogP contribution >= 0.6 is 0 Å². The summed E-state index contributed by atoms with van der Waals surface area (Å²) in [5.41, 5.74) is 1.10. The number of carbonyl (C=O) groups excluding carboxylic acids is 1. The van der Waals surface area contributed by atoms with Gasteiger partial charge in [-0.15, -0.1) is 0 Å². The number of carbonyl (C=O) groups is 1. The maximum absolute atomic E-state index is 12.6. The van der Waals surface area contributed by atoms with E-state index in [1.54, 1.807) is 24.3 Å². The minimum atomic E-state index is -0.115. The fourth-order valence-electron chi connectivity index (χ4n) is 3.37. The molecule has 0 aliphatic carbocycles. The summed E-state index contributed by atoms with van der Waals surface area (Å²) < 4.78 is 16.3. The van der Waals surface area contributed by atoms with E-state index in [4.69, 9.17) is 14.0 Å². The molecule has 2 aromatic heterocycles. The number of fused-ring (bicyclic) bond motifs is 1. The zero-order chi connectivity index (χ0) is 18.6. The molecule has 1 aromatic carbocycles. The minimum absolute atomic E-state index is 0.115. The molecule has 7 heteroatoms. The van der Waals surface area contributed by atoms with Gasteiger partial charge in [0.15, 0.2) is 11.5 Å². The van der Waals surface area contributed by atoms with E-state index in [0.717, 1.165) is 17.3 Å². The van der Waals surface area contributed by atoms with E-state index in [1.165, 1.54) is 0 Å². The second kappa shape index (κ2) is 7.75. The third kappa shape index (κ3) is 3.78. The average molecular weight is 367 g/mol. The van der Waals surface area contributed by atoms with Gasteiger partial charge in [-0.3, -0.25) is 9.78 Å². The van der Waals surface area contributed by atoms with Crippen molar-refractivity contribution in [2.75, 3.05) is 26.8 Å². The fourth-order valence-corrected chi connectivity index (χ4v) is 3.37. The molecular weight excluding hydrogens is 346 g/mol. The quantitative estimate of drug-likeness (QED) is 0.667. The Morgan fingerprint density at radius 1 is 1.33 bits per heavy atom. The van der Waals surface area contributed by atoms with Crippen molar-refractivity contribution in [2.24, 2.45) is 5.92 Å². The molecule has 0 saturated carbocycles. The molecule has 0 spiro atoms. The number of likely N-dealkylation sites (tertiary alicyclic amines) is 1. The summed E-state index contributed by atoms with van der Waals surface area (Å²) in [7, 11) is 1.68. The summed E-state index contributed by atoms with van der Waals surface area (Å²) in [5, 5.41) is 4.92. The number of hydrogen-bond donors (Lipinski definition) is 0. The van der Waals surface area contributed by atoms with Crippen LogP contribution in [0.25, 0.3) is 10.9 Å². The van der Waals surface area contributed by atoms with Crippen LogP contribution < -0.4 is 4.74 Å². The topological polar surface area (TPSA) is 77.7 Å². The first-order chi connectivity index (χ1) is 13.2. The van der Waals surface area contributed by atoms with Crippen LogP contribution in [0.4, 0.5) is 0 Å². The van der Waals surface area contributed by atoms with Crippen LogP contribution in [-0.2, 0) is 11.3 Å². The molecular formula is C20H21N3O4. The van der Waals surface area contributed by atoms with Crippen molar-refractivity contribution in [3.8, 4) is 5.75 Å². The monoisotopic (exact) mass is 367 g/mol. The Hall–Kier alpha value is -2.93. The smallest absolute Gasteiger partial charge is 0.276 e. The highest BCUT2D eigenvalue weighted by atomic mass is 16.5. The molecule has 0 N–H and O–H groups in total. The number of rotatable bonds is 6. The van der Waals surface area contributed by atoms with Crippen molar-refractivity contribution in [3.05, 3.63) is 54.0 Å². The Morgan fingerprint density at radius 2 is 2.22 bits per heavy atom. The largest absolute Gasteiger partial charge is 0.483 e. The van der Waals surface area contributed by atoms with Gasteiger partial charge in [-0.2, -0.15) is 0 Å². The SMILES string of the molecule is COCC1CCN(C(=O)c2cc(COc3cccc4cccnc34)on2)C1. The predicted octanol–water partition coefficient (Wildman–Crippen LogP) is 2.91. The Bertz CT molecular complexity index is 934. The highest BCUT2D eigenvalue weighted by molar-refractivity contribution is 5.92. The van der Waals surface area contributed by atoms with Gasteiger partial charge in [-0.1, -0.05) is 23.4 Å². The van der Waals surface area contributed by atoms with E-state index in [2.05, 4.69) is 10.1 Å². The number of aromatic nitrogens is 2. The standard InChI is InChI=1S/C20H21N3O4/c1-25-12-14-7-9-23(11-14)20(24)17-10-16(27-22-17)13-26-18-6-2-4-15-5-3-8-21-19(15)18/h2-6,8,10,14H,7,9,11-13H2,1H3. The van der Waals surface area contributed by atoms with Gasteiger partial charge in [0.1, 0.15) is 17.9 Å². The van der Waals surface area contributed by atoms with E-state index >= 15 is 0 Å². The molecule has 1 saturated heterocycles. The molecule has 1 aliphatic heterocycles. The molecule has 1 aliphatic rings. The molecule has 0 radical (unpaired) electrons. The van der Waals surface area contributed by atoms with Crippen LogP contribution in [0.1, 0.15) is 22.7 Å². The Labute approximate surface area is 156 Å². The first kappa shape index (κ1) is 17.5. The van der Waals surface area contributed by atoms with Crippen LogP contribution in [0.15, 0.2) is 47.1 Å². The zero-order valence-corrected chi connectivity index (χ0v) is 15.1. The minimum Gasteiger partial charge on any atom is -0.483 e. The lowest BCUT2D eigenvalue weighted by molar-refractivity contribution is 0.0765. The van der Waals surface area contributed by atoms with Gasteiger partial charge in [0, 0.05) is 43.8 Å². The Kier molecular flexibility index (Phi) is 5.02. The molecule has 1 unspecified atom stereocenters. The normalized spacial score (nSPS) is 16.8. The lowest BCUT2D eigenvalue weighted by Gasteiger charge is -2.14. The molecule has 4 rings (SSSR count). The molecule has 1 amide bonds. The molecule has 7 nitrogen and oxygen atoms in total.